The van der Waals surface area contributed by atoms with Crippen LogP contribution in [0.3, 0.4) is 0 Å². The van der Waals surface area contributed by atoms with Crippen molar-refractivity contribution in [2.75, 3.05) is 12.4 Å². The quantitative estimate of drug-likeness (QED) is 0.256. The third-order valence-corrected chi connectivity index (χ3v) is 3.91. The minimum atomic E-state index is -0.210. The van der Waals surface area contributed by atoms with E-state index in [2.05, 4.69) is 45.3 Å². The van der Waals surface area contributed by atoms with Crippen LogP contribution in [-0.2, 0) is 13.1 Å². The lowest BCUT2D eigenvalue weighted by Crippen LogP contribution is -2.36. The highest BCUT2D eigenvalue weighted by Crippen LogP contribution is 2.13. The standard InChI is InChI=1S/C20H30N6O2.HI/c1-13(2)18-10-17(28-26-18)12-23-19(21-5)22-11-15-6-8-16(9-7-15)25-20(27)24-14(3)4;/h6-10,13-14H,11-12H2,1-5H3,(H2,21,22,23)(H2,24,25,27);1H. The number of rotatable bonds is 7. The fraction of sp³-hybridized carbons (Fsp3) is 0.450. The number of hydrogen-bond donors (Lipinski definition) is 4. The molecule has 1 aromatic carbocycles. The number of nitrogens with zero attached hydrogens (tertiary/aromatic N) is 2. The molecule has 2 aromatic rings. The molecule has 0 spiro atoms. The average Bonchev–Trinajstić information content (AvgIpc) is 3.12. The number of halogens is 1. The number of anilines is 1. The second-order valence-corrected chi connectivity index (χ2v) is 7.10. The zero-order valence-electron chi connectivity index (χ0n) is 17.6. The van der Waals surface area contributed by atoms with Gasteiger partial charge in [-0.1, -0.05) is 31.1 Å². The first-order valence-corrected chi connectivity index (χ1v) is 9.43. The predicted molar refractivity (Wildman–Crippen MR) is 127 cm³/mol. The predicted octanol–water partition coefficient (Wildman–Crippen LogP) is 3.81. The molecule has 2 rings (SSSR count). The monoisotopic (exact) mass is 514 g/mol. The van der Waals surface area contributed by atoms with Crippen molar-refractivity contribution < 1.29 is 9.32 Å². The molecule has 0 unspecified atom stereocenters. The second kappa shape index (κ2) is 12.3. The molecule has 0 saturated heterocycles. The van der Waals surface area contributed by atoms with E-state index in [9.17, 15) is 4.79 Å². The molecule has 160 valence electrons. The van der Waals surface area contributed by atoms with Crippen molar-refractivity contribution in [1.29, 1.82) is 0 Å². The van der Waals surface area contributed by atoms with Crippen LogP contribution in [0.15, 0.2) is 39.8 Å². The second-order valence-electron chi connectivity index (χ2n) is 7.10. The normalized spacial score (nSPS) is 11.2. The number of urea groups is 1. The number of carbonyl (C=O) groups excluding carboxylic acids is 1. The van der Waals surface area contributed by atoms with Gasteiger partial charge in [-0.05, 0) is 37.5 Å². The summed E-state index contributed by atoms with van der Waals surface area (Å²) in [6, 6.07) is 9.49. The molecule has 8 nitrogen and oxygen atoms in total. The van der Waals surface area contributed by atoms with Crippen molar-refractivity contribution >= 4 is 41.7 Å². The van der Waals surface area contributed by atoms with Crippen molar-refractivity contribution in [1.82, 2.24) is 21.1 Å². The van der Waals surface area contributed by atoms with E-state index in [0.29, 0.717) is 25.0 Å². The Hall–Kier alpha value is -2.30. The SMILES string of the molecule is CN=C(NCc1ccc(NC(=O)NC(C)C)cc1)NCc1cc(C(C)C)no1.I. The molecule has 0 aliphatic rings. The molecule has 1 heterocycles. The van der Waals surface area contributed by atoms with Crippen molar-refractivity contribution in [3.63, 3.8) is 0 Å². The topological polar surface area (TPSA) is 104 Å². The van der Waals surface area contributed by atoms with Gasteiger partial charge in [0.15, 0.2) is 11.7 Å². The fourth-order valence-corrected chi connectivity index (χ4v) is 2.40. The molecule has 0 aliphatic heterocycles. The maximum atomic E-state index is 11.7. The first-order valence-electron chi connectivity index (χ1n) is 9.43. The lowest BCUT2D eigenvalue weighted by atomic mass is 10.1. The Kier molecular flexibility index (Phi) is 10.5. The van der Waals surface area contributed by atoms with E-state index in [4.69, 9.17) is 4.52 Å². The summed E-state index contributed by atoms with van der Waals surface area (Å²) in [6.45, 7) is 9.10. The Labute approximate surface area is 189 Å². The first kappa shape index (κ1) is 24.7. The highest BCUT2D eigenvalue weighted by Gasteiger charge is 2.08. The van der Waals surface area contributed by atoms with Gasteiger partial charge in [0.1, 0.15) is 0 Å². The molecule has 0 fully saturated rings. The molecule has 29 heavy (non-hydrogen) atoms. The van der Waals surface area contributed by atoms with Gasteiger partial charge in [-0.15, -0.1) is 24.0 Å². The first-order chi connectivity index (χ1) is 13.4. The summed E-state index contributed by atoms with van der Waals surface area (Å²) in [5, 5.41) is 16.1. The number of amides is 2. The van der Waals surface area contributed by atoms with Gasteiger partial charge in [-0.25, -0.2) is 4.79 Å². The number of aliphatic imine (C=N–C) groups is 1. The third-order valence-electron chi connectivity index (χ3n) is 3.91. The van der Waals surface area contributed by atoms with Gasteiger partial charge in [0.25, 0.3) is 0 Å². The van der Waals surface area contributed by atoms with Crippen LogP contribution in [0.2, 0.25) is 0 Å². The Morgan fingerprint density at radius 2 is 1.76 bits per heavy atom. The molecular formula is C20H31IN6O2. The van der Waals surface area contributed by atoms with Gasteiger partial charge >= 0.3 is 6.03 Å². The van der Waals surface area contributed by atoms with Crippen LogP contribution in [0, 0.1) is 0 Å². The Morgan fingerprint density at radius 1 is 1.10 bits per heavy atom. The minimum Gasteiger partial charge on any atom is -0.359 e. The van der Waals surface area contributed by atoms with Gasteiger partial charge in [0.2, 0.25) is 0 Å². The maximum Gasteiger partial charge on any atom is 0.319 e. The van der Waals surface area contributed by atoms with E-state index in [1.165, 1.54) is 0 Å². The summed E-state index contributed by atoms with van der Waals surface area (Å²) in [7, 11) is 1.72. The summed E-state index contributed by atoms with van der Waals surface area (Å²) < 4.78 is 5.32. The van der Waals surface area contributed by atoms with Gasteiger partial charge < -0.3 is 25.8 Å². The van der Waals surface area contributed by atoms with E-state index in [1.807, 2.05) is 44.2 Å². The van der Waals surface area contributed by atoms with Gasteiger partial charge in [0.05, 0.1) is 12.2 Å². The van der Waals surface area contributed by atoms with Crippen molar-refractivity contribution in [2.24, 2.45) is 4.99 Å². The van der Waals surface area contributed by atoms with Gasteiger partial charge in [-0.2, -0.15) is 0 Å². The summed E-state index contributed by atoms with van der Waals surface area (Å²) in [6.07, 6.45) is 0. The molecular weight excluding hydrogens is 483 g/mol. The number of hydrogen-bond acceptors (Lipinski definition) is 4. The smallest absolute Gasteiger partial charge is 0.319 e. The molecule has 4 N–H and O–H groups in total. The summed E-state index contributed by atoms with van der Waals surface area (Å²) in [4.78, 5) is 15.9. The molecule has 0 radical (unpaired) electrons. The van der Waals surface area contributed by atoms with Crippen LogP contribution in [0.1, 0.15) is 50.6 Å². The van der Waals surface area contributed by atoms with Crippen LogP contribution >= 0.6 is 24.0 Å². The van der Waals surface area contributed by atoms with Crippen LogP contribution < -0.4 is 21.3 Å². The van der Waals surface area contributed by atoms with E-state index in [-0.39, 0.29) is 36.0 Å². The highest BCUT2D eigenvalue weighted by molar-refractivity contribution is 14.0. The van der Waals surface area contributed by atoms with E-state index < -0.39 is 0 Å². The molecule has 9 heteroatoms. The van der Waals surface area contributed by atoms with Crippen LogP contribution in [0.5, 0.6) is 0 Å². The van der Waals surface area contributed by atoms with E-state index >= 15 is 0 Å². The van der Waals surface area contributed by atoms with Crippen molar-refractivity contribution in [3.8, 4) is 0 Å². The number of nitrogens with one attached hydrogen (secondary N) is 4. The van der Waals surface area contributed by atoms with E-state index in [1.54, 1.807) is 7.05 Å². The lowest BCUT2D eigenvalue weighted by Gasteiger charge is -2.12. The summed E-state index contributed by atoms with van der Waals surface area (Å²) in [5.74, 6) is 1.77. The van der Waals surface area contributed by atoms with Crippen LogP contribution in [-0.4, -0.2) is 30.2 Å². The summed E-state index contributed by atoms with van der Waals surface area (Å²) in [5.41, 5.74) is 2.76. The molecule has 0 atom stereocenters. The maximum absolute atomic E-state index is 11.7. The molecule has 2 amide bonds. The molecule has 0 aliphatic carbocycles. The number of guanidine groups is 1. The van der Waals surface area contributed by atoms with E-state index in [0.717, 1.165) is 22.7 Å². The van der Waals surface area contributed by atoms with Crippen LogP contribution in [0.4, 0.5) is 10.5 Å². The Balaban J connectivity index is 0.00000420. The summed E-state index contributed by atoms with van der Waals surface area (Å²) >= 11 is 0. The number of benzene rings is 1. The Bertz CT molecular complexity index is 787. The average molecular weight is 514 g/mol. The number of aromatic nitrogens is 1. The fourth-order valence-electron chi connectivity index (χ4n) is 2.40. The zero-order valence-corrected chi connectivity index (χ0v) is 19.9. The van der Waals surface area contributed by atoms with Crippen LogP contribution in [0.25, 0.3) is 0 Å². The Morgan fingerprint density at radius 3 is 2.31 bits per heavy atom. The largest absolute Gasteiger partial charge is 0.359 e. The molecule has 1 aromatic heterocycles. The lowest BCUT2D eigenvalue weighted by molar-refractivity contribution is 0.250. The minimum absolute atomic E-state index is 0. The number of carbonyl (C=O) groups is 1. The van der Waals surface area contributed by atoms with Gasteiger partial charge in [0, 0.05) is 31.4 Å². The van der Waals surface area contributed by atoms with Crippen molar-refractivity contribution in [2.45, 2.75) is 52.7 Å². The van der Waals surface area contributed by atoms with Crippen molar-refractivity contribution in [3.05, 3.63) is 47.3 Å². The van der Waals surface area contributed by atoms with Gasteiger partial charge in [-0.3, -0.25) is 4.99 Å². The molecule has 0 bridgehead atoms. The molecule has 0 saturated carbocycles. The highest BCUT2D eigenvalue weighted by atomic mass is 127. The zero-order chi connectivity index (χ0) is 20.5. The third kappa shape index (κ3) is 8.71.